The molecule has 2 fully saturated rings. The summed E-state index contributed by atoms with van der Waals surface area (Å²) in [6.45, 7) is 0. The van der Waals surface area contributed by atoms with Crippen molar-refractivity contribution in [2.75, 3.05) is 0 Å². The van der Waals surface area contributed by atoms with Gasteiger partial charge >= 0.3 is 11.8 Å². The van der Waals surface area contributed by atoms with E-state index in [1.54, 1.807) is 0 Å². The summed E-state index contributed by atoms with van der Waals surface area (Å²) in [5.74, 6) is -18.4. The van der Waals surface area contributed by atoms with Crippen LogP contribution in [-0.4, -0.2) is 36.0 Å². The van der Waals surface area contributed by atoms with Crippen LogP contribution in [0, 0.1) is 11.8 Å². The van der Waals surface area contributed by atoms with Crippen molar-refractivity contribution in [2.45, 2.75) is 24.1 Å². The Morgan fingerprint density at radius 1 is 0.882 bits per heavy atom. The van der Waals surface area contributed by atoms with Gasteiger partial charge in [-0.05, 0) is 0 Å². The first-order valence-corrected chi connectivity index (χ1v) is 4.45. The van der Waals surface area contributed by atoms with Crippen molar-refractivity contribution in [2.24, 2.45) is 11.8 Å². The molecule has 4 atom stereocenters. The van der Waals surface area contributed by atoms with Gasteiger partial charge in [-0.25, -0.2) is 0 Å². The third kappa shape index (κ3) is 1.22. The fourth-order valence-corrected chi connectivity index (χ4v) is 2.29. The number of fused-ring (bicyclic) bond motifs is 1. The van der Waals surface area contributed by atoms with E-state index in [0.29, 0.717) is 0 Å². The zero-order valence-electron chi connectivity index (χ0n) is 7.86. The number of hydrogen-bond acceptors (Lipinski definition) is 5. The molecule has 1 saturated carbocycles. The van der Waals surface area contributed by atoms with Crippen molar-refractivity contribution in [1.29, 1.82) is 0 Å². The number of carbonyl (C=O) groups is 2. The number of rotatable bonds is 2. The predicted octanol–water partition coefficient (Wildman–Crippen LogP) is -2.23. The van der Waals surface area contributed by atoms with E-state index in [2.05, 4.69) is 4.74 Å². The Bertz CT molecular complexity index is 359. The summed E-state index contributed by atoms with van der Waals surface area (Å²) >= 11 is 0. The molecule has 9 heteroatoms. The van der Waals surface area contributed by atoms with E-state index in [4.69, 9.17) is 0 Å². The minimum Gasteiger partial charge on any atom is -0.547 e. The average molecular weight is 256 g/mol. The molecule has 0 bridgehead atoms. The van der Waals surface area contributed by atoms with E-state index in [1.807, 2.05) is 0 Å². The van der Waals surface area contributed by atoms with Gasteiger partial charge in [-0.15, -0.1) is 0 Å². The monoisotopic (exact) mass is 256 g/mol. The molecule has 0 radical (unpaired) electrons. The van der Waals surface area contributed by atoms with E-state index < -0.39 is 47.8 Å². The maximum absolute atomic E-state index is 13.0. The molecule has 0 unspecified atom stereocenters. The number of halogens is 4. The summed E-state index contributed by atoms with van der Waals surface area (Å²) in [6, 6.07) is 0. The van der Waals surface area contributed by atoms with Crippen molar-refractivity contribution in [1.82, 2.24) is 0 Å². The smallest absolute Gasteiger partial charge is 0.316 e. The Labute approximate surface area is 91.0 Å². The van der Waals surface area contributed by atoms with Crippen molar-refractivity contribution in [3.05, 3.63) is 0 Å². The van der Waals surface area contributed by atoms with Gasteiger partial charge in [-0.3, -0.25) is 0 Å². The molecule has 5 nitrogen and oxygen atoms in total. The standard InChI is InChI=1S/C8H6F4O5/c9-7(10)1-2(8(7,11)12)4(6(15)16)17-3(1)5(13)14/h1-4H,(H,13,14)(H,15,16)/p-2/t1-,2+,3+,4-. The van der Waals surface area contributed by atoms with Crippen LogP contribution in [0.5, 0.6) is 0 Å². The van der Waals surface area contributed by atoms with Gasteiger partial charge in [0.2, 0.25) is 0 Å². The van der Waals surface area contributed by atoms with Crippen molar-refractivity contribution in [3.8, 4) is 0 Å². The van der Waals surface area contributed by atoms with Crippen LogP contribution in [0.1, 0.15) is 0 Å². The lowest BCUT2D eigenvalue weighted by Gasteiger charge is -2.49. The Kier molecular flexibility index (Phi) is 2.20. The number of carboxylic acid groups (broad SMARTS) is 2. The van der Waals surface area contributed by atoms with Crippen LogP contribution in [0.25, 0.3) is 0 Å². The lowest BCUT2D eigenvalue weighted by molar-refractivity contribution is -0.362. The third-order valence-electron chi connectivity index (χ3n) is 3.08. The molecule has 96 valence electrons. The van der Waals surface area contributed by atoms with Gasteiger partial charge in [0.1, 0.15) is 12.2 Å². The fourth-order valence-electron chi connectivity index (χ4n) is 2.29. The first-order chi connectivity index (χ1) is 7.62. The summed E-state index contributed by atoms with van der Waals surface area (Å²) in [4.78, 5) is 20.9. The van der Waals surface area contributed by atoms with Crippen molar-refractivity contribution >= 4 is 11.9 Å². The molecule has 17 heavy (non-hydrogen) atoms. The highest BCUT2D eigenvalue weighted by molar-refractivity contribution is 5.77. The number of carbonyl (C=O) groups excluding carboxylic acids is 2. The van der Waals surface area contributed by atoms with Crippen LogP contribution < -0.4 is 10.2 Å². The summed E-state index contributed by atoms with van der Waals surface area (Å²) in [6.07, 6.45) is -4.75. The third-order valence-corrected chi connectivity index (χ3v) is 3.08. The van der Waals surface area contributed by atoms with Gasteiger partial charge in [0.15, 0.2) is 0 Å². The summed E-state index contributed by atoms with van der Waals surface area (Å²) < 4.78 is 56.1. The van der Waals surface area contributed by atoms with Crippen LogP contribution in [0.2, 0.25) is 0 Å². The number of carboxylic acids is 2. The van der Waals surface area contributed by atoms with Crippen LogP contribution in [0.3, 0.4) is 0 Å². The van der Waals surface area contributed by atoms with Gasteiger partial charge in [0, 0.05) is 0 Å². The Hall–Kier alpha value is -1.38. The molecule has 0 N–H and O–H groups in total. The molecule has 0 amide bonds. The van der Waals surface area contributed by atoms with E-state index in [1.165, 1.54) is 0 Å². The highest BCUT2D eigenvalue weighted by atomic mass is 19.3. The van der Waals surface area contributed by atoms with Gasteiger partial charge < -0.3 is 24.5 Å². The second kappa shape index (κ2) is 3.09. The summed E-state index contributed by atoms with van der Waals surface area (Å²) in [5, 5.41) is 20.9. The summed E-state index contributed by atoms with van der Waals surface area (Å²) in [7, 11) is 0. The zero-order chi connectivity index (χ0) is 13.2. The normalized spacial score (nSPS) is 41.4. The lowest BCUT2D eigenvalue weighted by Crippen LogP contribution is -2.70. The molecule has 1 saturated heterocycles. The quantitative estimate of drug-likeness (QED) is 0.521. The molecule has 0 aromatic carbocycles. The van der Waals surface area contributed by atoms with E-state index in [0.717, 1.165) is 0 Å². The van der Waals surface area contributed by atoms with Gasteiger partial charge in [0.05, 0.1) is 23.8 Å². The second-order valence-corrected chi connectivity index (χ2v) is 3.91. The predicted molar refractivity (Wildman–Crippen MR) is 35.5 cm³/mol. The minimum absolute atomic E-state index is 2.15. The number of alkyl halides is 4. The molecule has 1 aliphatic heterocycles. The van der Waals surface area contributed by atoms with E-state index in [9.17, 15) is 37.4 Å². The van der Waals surface area contributed by atoms with Crippen LogP contribution >= 0.6 is 0 Å². The largest absolute Gasteiger partial charge is 0.547 e. The zero-order valence-corrected chi connectivity index (χ0v) is 7.86. The van der Waals surface area contributed by atoms with Gasteiger partial charge in [-0.1, -0.05) is 0 Å². The fraction of sp³-hybridized carbons (Fsp3) is 0.750. The minimum atomic E-state index is -4.63. The second-order valence-electron chi connectivity index (χ2n) is 3.91. The van der Waals surface area contributed by atoms with Crippen molar-refractivity contribution in [3.63, 3.8) is 0 Å². The Morgan fingerprint density at radius 3 is 1.41 bits per heavy atom. The SMILES string of the molecule is O=C([O-])[C@H]1O[C@@H](C(=O)[O-])[C@@H]2[C@H]1C(F)(F)C2(F)F. The maximum atomic E-state index is 13.0. The molecular weight excluding hydrogens is 252 g/mol. The highest BCUT2D eigenvalue weighted by Crippen LogP contribution is 2.65. The van der Waals surface area contributed by atoms with Gasteiger partial charge in [0.25, 0.3) is 0 Å². The Balaban J connectivity index is 2.39. The van der Waals surface area contributed by atoms with Crippen LogP contribution in [-0.2, 0) is 14.3 Å². The van der Waals surface area contributed by atoms with E-state index in [-0.39, 0.29) is 0 Å². The first-order valence-electron chi connectivity index (χ1n) is 4.45. The molecule has 0 spiro atoms. The lowest BCUT2D eigenvalue weighted by atomic mass is 9.63. The number of hydrogen-bond donors (Lipinski definition) is 0. The van der Waals surface area contributed by atoms with Crippen molar-refractivity contribution < 1.29 is 42.1 Å². The van der Waals surface area contributed by atoms with E-state index >= 15 is 0 Å². The van der Waals surface area contributed by atoms with Gasteiger partial charge in [-0.2, -0.15) is 17.6 Å². The molecular formula is C8H4F4O5-2. The highest BCUT2D eigenvalue weighted by Gasteiger charge is 2.84. The molecule has 0 aromatic heterocycles. The number of aliphatic carboxylic acids is 2. The average Bonchev–Trinajstić information content (AvgIpc) is 2.56. The summed E-state index contributed by atoms with van der Waals surface area (Å²) in [5.41, 5.74) is 0. The molecule has 1 aliphatic carbocycles. The topological polar surface area (TPSA) is 89.5 Å². The molecule has 2 rings (SSSR count). The molecule has 2 aliphatic rings. The molecule has 1 heterocycles. The van der Waals surface area contributed by atoms with Crippen LogP contribution in [0.4, 0.5) is 17.6 Å². The molecule has 0 aromatic rings. The maximum Gasteiger partial charge on any atom is 0.316 e. The first kappa shape index (κ1) is 12.1. The Morgan fingerprint density at radius 2 is 1.18 bits per heavy atom. The number of ether oxygens (including phenoxy) is 1. The van der Waals surface area contributed by atoms with Crippen LogP contribution in [0.15, 0.2) is 0 Å².